The SMILES string of the molecule is Cc1nnn(C)n1.Cc1nnnn1C.Cn1nn[n+](C)n1.Cn1nnn[n+]1C. The number of nitrogens with zero attached hydrogens (tertiary/aromatic N) is 18. The van der Waals surface area contributed by atoms with Gasteiger partial charge in [-0.2, -0.15) is 4.80 Å². The smallest absolute Gasteiger partial charge is 0.231 e. The average molecular weight is 396 g/mol. The van der Waals surface area contributed by atoms with Gasteiger partial charge in [-0.15, -0.1) is 15.3 Å². The van der Waals surface area contributed by atoms with E-state index in [0.29, 0.717) is 5.82 Å². The van der Waals surface area contributed by atoms with Crippen LogP contribution in [0.15, 0.2) is 0 Å². The van der Waals surface area contributed by atoms with Crippen LogP contribution in [0, 0.1) is 13.8 Å². The van der Waals surface area contributed by atoms with Gasteiger partial charge in [0.25, 0.3) is 0 Å². The summed E-state index contributed by atoms with van der Waals surface area (Å²) in [5, 5.41) is 42.8. The van der Waals surface area contributed by atoms with E-state index in [4.69, 9.17) is 0 Å². The summed E-state index contributed by atoms with van der Waals surface area (Å²) in [5.41, 5.74) is 0. The second-order valence-corrected chi connectivity index (χ2v) is 5.17. The van der Waals surface area contributed by atoms with Crippen molar-refractivity contribution in [3.8, 4) is 0 Å². The van der Waals surface area contributed by atoms with Crippen LogP contribution in [0.4, 0.5) is 0 Å². The highest BCUT2D eigenvalue weighted by Crippen LogP contribution is 1.78. The maximum absolute atomic E-state index is 3.81. The van der Waals surface area contributed by atoms with Crippen LogP contribution < -0.4 is 9.59 Å². The summed E-state index contributed by atoms with van der Waals surface area (Å²) in [6.07, 6.45) is 0. The van der Waals surface area contributed by atoms with E-state index in [1.54, 1.807) is 53.9 Å². The summed E-state index contributed by atoms with van der Waals surface area (Å²) in [7, 11) is 10.5. The van der Waals surface area contributed by atoms with Crippen LogP contribution in [0.3, 0.4) is 0 Å². The van der Waals surface area contributed by atoms with E-state index in [1.165, 1.54) is 24.0 Å². The van der Waals surface area contributed by atoms with Crippen molar-refractivity contribution in [3.05, 3.63) is 11.6 Å². The van der Waals surface area contributed by atoms with Crippen LogP contribution in [0.5, 0.6) is 0 Å². The Morgan fingerprint density at radius 2 is 1.46 bits per heavy atom. The molecular weight excluding hydrogens is 372 g/mol. The van der Waals surface area contributed by atoms with Gasteiger partial charge in [0.1, 0.15) is 37.4 Å². The van der Waals surface area contributed by atoms with E-state index in [9.17, 15) is 0 Å². The molecule has 4 heterocycles. The summed E-state index contributed by atoms with van der Waals surface area (Å²) >= 11 is 0. The number of hydrogen-bond acceptors (Lipinski definition) is 12. The Hall–Kier alpha value is -3.86. The van der Waals surface area contributed by atoms with Gasteiger partial charge in [0.05, 0.1) is 19.3 Å². The van der Waals surface area contributed by atoms with Gasteiger partial charge in [-0.1, -0.05) is 4.80 Å². The number of aryl methyl sites for hydroxylation is 8. The van der Waals surface area contributed by atoms with Crippen molar-refractivity contribution in [2.24, 2.45) is 42.3 Å². The van der Waals surface area contributed by atoms with Crippen molar-refractivity contribution < 1.29 is 9.59 Å². The minimum absolute atomic E-state index is 0.711. The molecular formula is C10H24N18+2. The molecule has 0 atom stereocenters. The zero-order valence-electron chi connectivity index (χ0n) is 17.0. The monoisotopic (exact) mass is 396 g/mol. The highest BCUT2D eigenvalue weighted by Gasteiger charge is 1.96. The maximum atomic E-state index is 3.81. The van der Waals surface area contributed by atoms with Gasteiger partial charge < -0.3 is 0 Å². The van der Waals surface area contributed by atoms with Gasteiger partial charge in [-0.3, -0.25) is 0 Å². The quantitative estimate of drug-likeness (QED) is 0.259. The first kappa shape index (κ1) is 22.2. The lowest BCUT2D eigenvalue weighted by Crippen LogP contribution is -2.40. The van der Waals surface area contributed by atoms with Crippen LogP contribution in [0.25, 0.3) is 0 Å². The highest BCUT2D eigenvalue weighted by molar-refractivity contribution is 4.69. The van der Waals surface area contributed by atoms with E-state index < -0.39 is 0 Å². The molecule has 152 valence electrons. The van der Waals surface area contributed by atoms with Crippen molar-refractivity contribution in [1.82, 2.24) is 81.3 Å². The Kier molecular flexibility index (Phi) is 8.70. The molecule has 0 spiro atoms. The molecule has 0 N–H and O–H groups in total. The minimum Gasteiger partial charge on any atom is -0.233 e. The summed E-state index contributed by atoms with van der Waals surface area (Å²) in [6.45, 7) is 3.65. The van der Waals surface area contributed by atoms with Gasteiger partial charge in [-0.25, -0.2) is 4.68 Å². The lowest BCUT2D eigenvalue weighted by Gasteiger charge is -1.81. The fourth-order valence-corrected chi connectivity index (χ4v) is 1.24. The Bertz CT molecular complexity index is 785. The van der Waals surface area contributed by atoms with Gasteiger partial charge >= 0.3 is 0 Å². The predicted molar refractivity (Wildman–Crippen MR) is 87.0 cm³/mol. The van der Waals surface area contributed by atoms with Gasteiger partial charge in [0.2, 0.25) is 10.4 Å². The van der Waals surface area contributed by atoms with Crippen molar-refractivity contribution in [1.29, 1.82) is 0 Å². The molecule has 18 nitrogen and oxygen atoms in total. The largest absolute Gasteiger partial charge is 0.233 e. The Labute approximate surface area is 159 Å². The van der Waals surface area contributed by atoms with E-state index in [0.717, 1.165) is 5.82 Å². The molecule has 0 saturated heterocycles. The Balaban J connectivity index is 0.000000187. The topological polar surface area (TPSA) is 182 Å². The van der Waals surface area contributed by atoms with Crippen molar-refractivity contribution in [3.63, 3.8) is 0 Å². The van der Waals surface area contributed by atoms with Crippen LogP contribution in [0.1, 0.15) is 11.6 Å². The van der Waals surface area contributed by atoms with E-state index in [1.807, 2.05) is 6.92 Å². The van der Waals surface area contributed by atoms with E-state index in [2.05, 4.69) is 62.2 Å². The summed E-state index contributed by atoms with van der Waals surface area (Å²) in [6, 6.07) is 0. The zero-order chi connectivity index (χ0) is 21.1. The van der Waals surface area contributed by atoms with Crippen LogP contribution in [-0.2, 0) is 42.3 Å². The third kappa shape index (κ3) is 8.49. The molecule has 0 saturated carbocycles. The third-order valence-corrected chi connectivity index (χ3v) is 2.76. The van der Waals surface area contributed by atoms with E-state index >= 15 is 0 Å². The molecule has 0 aliphatic rings. The fraction of sp³-hybridized carbons (Fsp3) is 0.800. The van der Waals surface area contributed by atoms with Crippen LogP contribution in [0.2, 0.25) is 0 Å². The Morgan fingerprint density at radius 1 is 0.750 bits per heavy atom. The molecule has 0 bridgehead atoms. The number of rotatable bonds is 0. The molecule has 0 unspecified atom stereocenters. The standard InChI is InChI=1S/2C3H6N4.2C2H6N5/c1-3-4-5-6-7(3)2;1-3-4-6-7(2)5-3;1-6-3-4-7(2)5-6;1-6-4-3-5-7(6)2/h4*1-2H3/q;;2*+1. The first-order valence-corrected chi connectivity index (χ1v) is 7.78. The molecule has 4 aromatic rings. The molecule has 0 fully saturated rings. The van der Waals surface area contributed by atoms with Crippen LogP contribution in [-0.4, -0.2) is 81.3 Å². The molecule has 18 heteroatoms. The molecule has 28 heavy (non-hydrogen) atoms. The molecule has 0 radical (unpaired) electrons. The fourth-order valence-electron chi connectivity index (χ4n) is 1.24. The molecule has 0 aliphatic carbocycles. The van der Waals surface area contributed by atoms with Crippen molar-refractivity contribution in [2.45, 2.75) is 13.8 Å². The second kappa shape index (κ2) is 11.0. The maximum Gasteiger partial charge on any atom is 0.231 e. The lowest BCUT2D eigenvalue weighted by atomic mass is 10.7. The summed E-state index contributed by atoms with van der Waals surface area (Å²) in [4.78, 5) is 7.26. The van der Waals surface area contributed by atoms with Crippen LogP contribution >= 0.6 is 0 Å². The summed E-state index contributed by atoms with van der Waals surface area (Å²) in [5.74, 6) is 1.54. The first-order chi connectivity index (χ1) is 13.2. The molecule has 4 aromatic heterocycles. The zero-order valence-corrected chi connectivity index (χ0v) is 17.0. The molecule has 0 aliphatic heterocycles. The third-order valence-electron chi connectivity index (χ3n) is 2.76. The van der Waals surface area contributed by atoms with Crippen molar-refractivity contribution in [2.75, 3.05) is 0 Å². The number of aromatic nitrogens is 18. The predicted octanol–water partition coefficient (Wildman–Crippen LogP) is -4.89. The molecule has 0 amide bonds. The first-order valence-electron chi connectivity index (χ1n) is 7.78. The van der Waals surface area contributed by atoms with Gasteiger partial charge in [0.15, 0.2) is 11.0 Å². The molecule has 0 aromatic carbocycles. The van der Waals surface area contributed by atoms with Crippen molar-refractivity contribution >= 4 is 0 Å². The lowest BCUT2D eigenvalue weighted by molar-refractivity contribution is -0.809. The number of tetrazole rings is 2. The van der Waals surface area contributed by atoms with Gasteiger partial charge in [0, 0.05) is 11.8 Å². The van der Waals surface area contributed by atoms with Gasteiger partial charge in [-0.05, 0) is 39.1 Å². The average Bonchev–Trinajstić information content (AvgIpc) is 3.39. The summed E-state index contributed by atoms with van der Waals surface area (Å²) < 4.78 is 1.61. The second-order valence-electron chi connectivity index (χ2n) is 5.17. The molecule has 4 rings (SSSR count). The van der Waals surface area contributed by atoms with E-state index in [-0.39, 0.29) is 0 Å². The minimum atomic E-state index is 0.711. The highest BCUT2D eigenvalue weighted by atomic mass is 15.8. The Morgan fingerprint density at radius 3 is 1.61 bits per heavy atom. The number of hydrogen-bond donors (Lipinski definition) is 0. The normalized spacial score (nSPS) is 9.43.